The van der Waals surface area contributed by atoms with Crippen LogP contribution in [0.1, 0.15) is 12.8 Å². The SMILES string of the molecule is CNc1cc(N2CCC(O)CC2)cc([N+](=O)[O-])c1. The first kappa shape index (κ1) is 12.6. The molecule has 1 aromatic carbocycles. The number of benzene rings is 1. The van der Waals surface area contributed by atoms with E-state index in [9.17, 15) is 15.2 Å². The molecule has 1 saturated heterocycles. The minimum absolute atomic E-state index is 0.0861. The summed E-state index contributed by atoms with van der Waals surface area (Å²) in [6, 6.07) is 4.99. The van der Waals surface area contributed by atoms with Gasteiger partial charge in [0.2, 0.25) is 0 Å². The van der Waals surface area contributed by atoms with Crippen molar-refractivity contribution in [1.29, 1.82) is 0 Å². The van der Waals surface area contributed by atoms with Crippen LogP contribution in [0.25, 0.3) is 0 Å². The Bertz CT molecular complexity index is 442. The summed E-state index contributed by atoms with van der Waals surface area (Å²) in [5, 5.41) is 23.3. The van der Waals surface area contributed by atoms with Gasteiger partial charge in [-0.3, -0.25) is 10.1 Å². The highest BCUT2D eigenvalue weighted by molar-refractivity contribution is 5.64. The van der Waals surface area contributed by atoms with Gasteiger partial charge in [-0.1, -0.05) is 0 Å². The quantitative estimate of drug-likeness (QED) is 0.630. The van der Waals surface area contributed by atoms with E-state index in [0.29, 0.717) is 12.8 Å². The van der Waals surface area contributed by atoms with Gasteiger partial charge in [-0.05, 0) is 18.9 Å². The summed E-state index contributed by atoms with van der Waals surface area (Å²) in [4.78, 5) is 12.6. The third-order valence-electron chi connectivity index (χ3n) is 3.23. The van der Waals surface area contributed by atoms with E-state index in [1.165, 1.54) is 6.07 Å². The zero-order valence-electron chi connectivity index (χ0n) is 10.3. The predicted octanol–water partition coefficient (Wildman–Crippen LogP) is 1.60. The lowest BCUT2D eigenvalue weighted by Crippen LogP contribution is -2.35. The number of nitro benzene ring substituents is 1. The molecule has 1 aromatic rings. The van der Waals surface area contributed by atoms with Gasteiger partial charge in [-0.15, -0.1) is 0 Å². The van der Waals surface area contributed by atoms with Gasteiger partial charge < -0.3 is 15.3 Å². The van der Waals surface area contributed by atoms with Gasteiger partial charge in [0.05, 0.1) is 11.0 Å². The van der Waals surface area contributed by atoms with Gasteiger partial charge in [-0.2, -0.15) is 0 Å². The van der Waals surface area contributed by atoms with Crippen molar-refractivity contribution in [2.75, 3.05) is 30.4 Å². The molecule has 0 bridgehead atoms. The molecule has 0 unspecified atom stereocenters. The minimum atomic E-state index is -0.386. The molecule has 0 saturated carbocycles. The summed E-state index contributed by atoms with van der Waals surface area (Å²) in [5.74, 6) is 0. The summed E-state index contributed by atoms with van der Waals surface area (Å²) in [6.07, 6.45) is 1.17. The first-order valence-electron chi connectivity index (χ1n) is 6.00. The average molecular weight is 251 g/mol. The topological polar surface area (TPSA) is 78.6 Å². The molecule has 2 rings (SSSR count). The Kier molecular flexibility index (Phi) is 3.66. The smallest absolute Gasteiger partial charge is 0.273 e. The number of rotatable bonds is 3. The molecule has 1 heterocycles. The fourth-order valence-electron chi connectivity index (χ4n) is 2.15. The van der Waals surface area contributed by atoms with E-state index in [1.807, 2.05) is 6.07 Å². The van der Waals surface area contributed by atoms with Gasteiger partial charge in [0.1, 0.15) is 0 Å². The zero-order valence-corrected chi connectivity index (χ0v) is 10.3. The van der Waals surface area contributed by atoms with Crippen LogP contribution in [0, 0.1) is 10.1 Å². The third-order valence-corrected chi connectivity index (χ3v) is 3.23. The van der Waals surface area contributed by atoms with Crippen LogP contribution in [0.4, 0.5) is 17.1 Å². The lowest BCUT2D eigenvalue weighted by Gasteiger charge is -2.31. The van der Waals surface area contributed by atoms with E-state index in [1.54, 1.807) is 13.1 Å². The monoisotopic (exact) mass is 251 g/mol. The van der Waals surface area contributed by atoms with Crippen LogP contribution in [0.5, 0.6) is 0 Å². The standard InChI is InChI=1S/C12H17N3O3/c1-13-9-6-10(8-11(7-9)15(17)18)14-4-2-12(16)3-5-14/h6-8,12-13,16H,2-5H2,1H3. The van der Waals surface area contributed by atoms with E-state index in [0.717, 1.165) is 24.5 Å². The second-order valence-electron chi connectivity index (χ2n) is 4.46. The number of aliphatic hydroxyl groups excluding tert-OH is 1. The second-order valence-corrected chi connectivity index (χ2v) is 4.46. The van der Waals surface area contributed by atoms with Gasteiger partial charge >= 0.3 is 0 Å². The van der Waals surface area contributed by atoms with Crippen LogP contribution >= 0.6 is 0 Å². The number of hydrogen-bond donors (Lipinski definition) is 2. The van der Waals surface area contributed by atoms with E-state index in [4.69, 9.17) is 0 Å². The average Bonchev–Trinajstić information content (AvgIpc) is 2.39. The summed E-state index contributed by atoms with van der Waals surface area (Å²) < 4.78 is 0. The molecule has 0 atom stereocenters. The Morgan fingerprint density at radius 3 is 2.61 bits per heavy atom. The van der Waals surface area contributed by atoms with Crippen LogP contribution in [-0.2, 0) is 0 Å². The molecule has 98 valence electrons. The fraction of sp³-hybridized carbons (Fsp3) is 0.500. The maximum atomic E-state index is 10.9. The van der Waals surface area contributed by atoms with Crippen molar-refractivity contribution in [2.45, 2.75) is 18.9 Å². The van der Waals surface area contributed by atoms with Crippen molar-refractivity contribution >= 4 is 17.1 Å². The summed E-state index contributed by atoms with van der Waals surface area (Å²) in [6.45, 7) is 1.46. The van der Waals surface area contributed by atoms with E-state index >= 15 is 0 Å². The fourth-order valence-corrected chi connectivity index (χ4v) is 2.15. The third kappa shape index (κ3) is 2.70. The Balaban J connectivity index is 2.26. The molecule has 0 amide bonds. The number of non-ortho nitro benzene ring substituents is 1. The second kappa shape index (κ2) is 5.22. The number of anilines is 2. The van der Waals surface area contributed by atoms with Crippen molar-refractivity contribution in [1.82, 2.24) is 0 Å². The van der Waals surface area contributed by atoms with Crippen LogP contribution in [-0.4, -0.2) is 36.3 Å². The van der Waals surface area contributed by atoms with Crippen LogP contribution in [0.15, 0.2) is 18.2 Å². The van der Waals surface area contributed by atoms with Crippen LogP contribution < -0.4 is 10.2 Å². The van der Waals surface area contributed by atoms with Gasteiger partial charge in [0.25, 0.3) is 5.69 Å². The molecule has 2 N–H and O–H groups in total. The molecule has 0 radical (unpaired) electrons. The molecule has 1 aliphatic heterocycles. The zero-order chi connectivity index (χ0) is 13.1. The highest BCUT2D eigenvalue weighted by Gasteiger charge is 2.19. The van der Waals surface area contributed by atoms with E-state index in [-0.39, 0.29) is 16.7 Å². The molecule has 1 aliphatic rings. The Hall–Kier alpha value is -1.82. The molecule has 0 spiro atoms. The van der Waals surface area contributed by atoms with Crippen LogP contribution in [0.3, 0.4) is 0 Å². The summed E-state index contributed by atoms with van der Waals surface area (Å²) >= 11 is 0. The molecular formula is C12H17N3O3. The van der Waals surface area contributed by atoms with Gasteiger partial charge in [0.15, 0.2) is 0 Å². The van der Waals surface area contributed by atoms with E-state index < -0.39 is 0 Å². The normalized spacial score (nSPS) is 16.7. The lowest BCUT2D eigenvalue weighted by molar-refractivity contribution is -0.384. The minimum Gasteiger partial charge on any atom is -0.393 e. The summed E-state index contributed by atoms with van der Waals surface area (Å²) in [5.41, 5.74) is 1.65. The molecular weight excluding hydrogens is 234 g/mol. The first-order valence-corrected chi connectivity index (χ1v) is 6.00. The Labute approximate surface area is 105 Å². The molecule has 18 heavy (non-hydrogen) atoms. The molecule has 0 aromatic heterocycles. The van der Waals surface area contributed by atoms with Crippen molar-refractivity contribution < 1.29 is 10.0 Å². The number of nitro groups is 1. The first-order chi connectivity index (χ1) is 8.60. The largest absolute Gasteiger partial charge is 0.393 e. The Morgan fingerprint density at radius 1 is 1.39 bits per heavy atom. The molecule has 1 fully saturated rings. The highest BCUT2D eigenvalue weighted by atomic mass is 16.6. The summed E-state index contributed by atoms with van der Waals surface area (Å²) in [7, 11) is 1.74. The molecule has 6 heteroatoms. The van der Waals surface area contributed by atoms with Gasteiger partial charge in [-0.25, -0.2) is 0 Å². The van der Waals surface area contributed by atoms with Crippen LogP contribution in [0.2, 0.25) is 0 Å². The molecule has 0 aliphatic carbocycles. The Morgan fingerprint density at radius 2 is 2.06 bits per heavy atom. The number of nitrogens with one attached hydrogen (secondary N) is 1. The van der Waals surface area contributed by atoms with Crippen molar-refractivity contribution in [3.8, 4) is 0 Å². The van der Waals surface area contributed by atoms with Gasteiger partial charge in [0, 0.05) is 43.6 Å². The van der Waals surface area contributed by atoms with Crippen molar-refractivity contribution in [2.24, 2.45) is 0 Å². The number of nitrogens with zero attached hydrogens (tertiary/aromatic N) is 2. The predicted molar refractivity (Wildman–Crippen MR) is 70.1 cm³/mol. The van der Waals surface area contributed by atoms with Crippen molar-refractivity contribution in [3.63, 3.8) is 0 Å². The maximum absolute atomic E-state index is 10.9. The van der Waals surface area contributed by atoms with E-state index in [2.05, 4.69) is 10.2 Å². The number of piperidine rings is 1. The maximum Gasteiger partial charge on any atom is 0.273 e. The highest BCUT2D eigenvalue weighted by Crippen LogP contribution is 2.28. The number of aliphatic hydroxyl groups is 1. The lowest BCUT2D eigenvalue weighted by atomic mass is 10.1. The number of hydrogen-bond acceptors (Lipinski definition) is 5. The van der Waals surface area contributed by atoms with Crippen molar-refractivity contribution in [3.05, 3.63) is 28.3 Å². The molecule has 6 nitrogen and oxygen atoms in total.